The molecule has 5 heteroatoms. The number of allylic oxidation sites excluding steroid dienone is 1. The van der Waals surface area contributed by atoms with E-state index in [4.69, 9.17) is 19.6 Å². The van der Waals surface area contributed by atoms with Gasteiger partial charge in [0.15, 0.2) is 6.29 Å². The summed E-state index contributed by atoms with van der Waals surface area (Å²) in [6.07, 6.45) is 7.96. The van der Waals surface area contributed by atoms with Crippen molar-refractivity contribution in [3.05, 3.63) is 35.4 Å². The Hall–Kier alpha value is -2.16. The van der Waals surface area contributed by atoms with Gasteiger partial charge in [0.2, 0.25) is 0 Å². The summed E-state index contributed by atoms with van der Waals surface area (Å²) in [7, 11) is 1.65. The molecule has 120 valence electrons. The molecule has 2 fully saturated rings. The van der Waals surface area contributed by atoms with Crippen molar-refractivity contribution in [1.29, 1.82) is 10.7 Å². The topological polar surface area (TPSA) is 75.3 Å². The lowest BCUT2D eigenvalue weighted by atomic mass is 10.0. The van der Waals surface area contributed by atoms with E-state index in [9.17, 15) is 5.26 Å². The Bertz CT molecular complexity index is 659. The van der Waals surface area contributed by atoms with Gasteiger partial charge >= 0.3 is 0 Å². The highest BCUT2D eigenvalue weighted by atomic mass is 16.7. The smallest absolute Gasteiger partial charge is 0.161 e. The summed E-state index contributed by atoms with van der Waals surface area (Å²) in [6.45, 7) is 0. The zero-order valence-corrected chi connectivity index (χ0v) is 13.1. The van der Waals surface area contributed by atoms with Gasteiger partial charge < -0.3 is 19.6 Å². The van der Waals surface area contributed by atoms with E-state index >= 15 is 0 Å². The highest BCUT2D eigenvalue weighted by Gasteiger charge is 2.51. The van der Waals surface area contributed by atoms with E-state index in [1.54, 1.807) is 25.3 Å². The van der Waals surface area contributed by atoms with E-state index in [1.165, 1.54) is 6.21 Å². The third-order valence-electron chi connectivity index (χ3n) is 4.31. The average Bonchev–Trinajstić information content (AvgIpc) is 3.31. The number of rotatable bonds is 5. The molecule has 1 aliphatic heterocycles. The lowest BCUT2D eigenvalue weighted by Gasteiger charge is -2.35. The Balaban J connectivity index is 1.75. The molecule has 1 spiro atoms. The van der Waals surface area contributed by atoms with Crippen LogP contribution in [0, 0.1) is 16.7 Å². The number of nitrogens with one attached hydrogen (secondary N) is 1. The zero-order chi connectivity index (χ0) is 16.3. The molecular formula is C18H20N2O3. The van der Waals surface area contributed by atoms with Crippen molar-refractivity contribution in [2.24, 2.45) is 0 Å². The number of nitriles is 1. The van der Waals surface area contributed by atoms with E-state index in [0.29, 0.717) is 17.7 Å². The van der Waals surface area contributed by atoms with E-state index in [1.807, 2.05) is 12.1 Å². The molecule has 0 aromatic heterocycles. The fourth-order valence-electron chi connectivity index (χ4n) is 2.96. The van der Waals surface area contributed by atoms with E-state index in [0.717, 1.165) is 24.8 Å². The van der Waals surface area contributed by atoms with Gasteiger partial charge in [0, 0.05) is 26.2 Å². The first-order valence-electron chi connectivity index (χ1n) is 7.76. The molecule has 0 amide bonds. The lowest BCUT2D eigenvalue weighted by Crippen LogP contribution is -2.40. The minimum Gasteiger partial charge on any atom is -0.489 e. The number of methoxy groups -OCH3 is 1. The molecule has 1 saturated carbocycles. The van der Waals surface area contributed by atoms with Crippen LogP contribution < -0.4 is 4.74 Å². The van der Waals surface area contributed by atoms with Crippen molar-refractivity contribution < 1.29 is 14.2 Å². The van der Waals surface area contributed by atoms with E-state index < -0.39 is 0 Å². The molecule has 1 aromatic rings. The minimum absolute atomic E-state index is 0.00809. The van der Waals surface area contributed by atoms with Gasteiger partial charge in [-0.2, -0.15) is 5.26 Å². The second-order valence-corrected chi connectivity index (χ2v) is 6.04. The Kier molecular flexibility index (Phi) is 4.46. The third kappa shape index (κ3) is 3.61. The Morgan fingerprint density at radius 3 is 2.91 bits per heavy atom. The normalized spacial score (nSPS) is 25.2. The molecule has 1 aromatic carbocycles. The van der Waals surface area contributed by atoms with Crippen molar-refractivity contribution in [2.75, 3.05) is 7.11 Å². The lowest BCUT2D eigenvalue weighted by molar-refractivity contribution is -0.210. The molecule has 1 heterocycles. The maximum absolute atomic E-state index is 9.36. The molecule has 1 aliphatic carbocycles. The quantitative estimate of drug-likeness (QED) is 0.847. The van der Waals surface area contributed by atoms with Crippen LogP contribution in [-0.2, 0) is 9.47 Å². The summed E-state index contributed by atoms with van der Waals surface area (Å²) in [5.74, 6) is 0.594. The van der Waals surface area contributed by atoms with Gasteiger partial charge in [-0.3, -0.25) is 0 Å². The number of hydrogen-bond donors (Lipinski definition) is 1. The second kappa shape index (κ2) is 6.53. The van der Waals surface area contributed by atoms with Crippen molar-refractivity contribution in [3.8, 4) is 11.8 Å². The molecule has 0 bridgehead atoms. The summed E-state index contributed by atoms with van der Waals surface area (Å²) in [5, 5.41) is 16.4. The fourth-order valence-corrected chi connectivity index (χ4v) is 2.96. The predicted octanol–water partition coefficient (Wildman–Crippen LogP) is 3.28. The zero-order valence-electron chi connectivity index (χ0n) is 13.1. The Labute approximate surface area is 136 Å². The summed E-state index contributed by atoms with van der Waals surface area (Å²) in [4.78, 5) is 0. The standard InChI is InChI=1S/C18H20N2O3/c1-21-17-10-15(11-18(23-17)6-7-18)22-16-5-4-13(3-2-8-19)9-14(16)12-20/h2-5,8-9,15,17,19H,6-7,10-11H2,1H3/b3-2+,19-8?. The van der Waals surface area contributed by atoms with Gasteiger partial charge in [0.25, 0.3) is 0 Å². The first-order chi connectivity index (χ1) is 11.2. The van der Waals surface area contributed by atoms with Crippen LogP contribution >= 0.6 is 0 Å². The van der Waals surface area contributed by atoms with Crippen LogP contribution in [0.25, 0.3) is 6.08 Å². The van der Waals surface area contributed by atoms with Crippen LogP contribution in [0.2, 0.25) is 0 Å². The van der Waals surface area contributed by atoms with Gasteiger partial charge in [0.05, 0.1) is 11.2 Å². The van der Waals surface area contributed by atoms with Crippen LogP contribution in [0.3, 0.4) is 0 Å². The number of nitrogens with zero attached hydrogens (tertiary/aromatic N) is 1. The molecule has 2 atom stereocenters. The van der Waals surface area contributed by atoms with Gasteiger partial charge in [-0.05, 0) is 36.6 Å². The molecule has 1 N–H and O–H groups in total. The number of hydrogen-bond acceptors (Lipinski definition) is 5. The van der Waals surface area contributed by atoms with Crippen LogP contribution in [0.4, 0.5) is 0 Å². The molecule has 1 saturated heterocycles. The molecule has 23 heavy (non-hydrogen) atoms. The van der Waals surface area contributed by atoms with Gasteiger partial charge in [-0.1, -0.05) is 12.1 Å². The molecule has 2 aliphatic rings. The maximum atomic E-state index is 9.36. The third-order valence-corrected chi connectivity index (χ3v) is 4.31. The molecule has 0 radical (unpaired) electrons. The molecule has 5 nitrogen and oxygen atoms in total. The summed E-state index contributed by atoms with van der Waals surface area (Å²) in [6, 6.07) is 7.66. The van der Waals surface area contributed by atoms with Crippen molar-refractivity contribution >= 4 is 12.3 Å². The fraction of sp³-hybridized carbons (Fsp3) is 0.444. The Morgan fingerprint density at radius 2 is 2.26 bits per heavy atom. The highest BCUT2D eigenvalue weighted by molar-refractivity contribution is 5.76. The van der Waals surface area contributed by atoms with Crippen LogP contribution in [0.5, 0.6) is 5.75 Å². The van der Waals surface area contributed by atoms with Crippen LogP contribution in [-0.4, -0.2) is 31.3 Å². The second-order valence-electron chi connectivity index (χ2n) is 6.04. The number of benzene rings is 1. The maximum Gasteiger partial charge on any atom is 0.161 e. The first-order valence-corrected chi connectivity index (χ1v) is 7.76. The SMILES string of the molecule is COC1CC(Oc2ccc(/C=C/C=N)cc2C#N)CC2(CC2)O1. The summed E-state index contributed by atoms with van der Waals surface area (Å²) >= 11 is 0. The predicted molar refractivity (Wildman–Crippen MR) is 86.5 cm³/mol. The van der Waals surface area contributed by atoms with E-state index in [2.05, 4.69) is 6.07 Å². The van der Waals surface area contributed by atoms with Crippen LogP contribution in [0.15, 0.2) is 24.3 Å². The highest BCUT2D eigenvalue weighted by Crippen LogP contribution is 2.48. The largest absolute Gasteiger partial charge is 0.489 e. The molecule has 3 rings (SSSR count). The van der Waals surface area contributed by atoms with Crippen molar-refractivity contribution in [3.63, 3.8) is 0 Å². The first kappa shape index (κ1) is 15.7. The monoisotopic (exact) mass is 312 g/mol. The van der Waals surface area contributed by atoms with Crippen LogP contribution in [0.1, 0.15) is 36.8 Å². The van der Waals surface area contributed by atoms with Crippen molar-refractivity contribution in [1.82, 2.24) is 0 Å². The number of ether oxygens (including phenoxy) is 3. The van der Waals surface area contributed by atoms with Gasteiger partial charge in [-0.15, -0.1) is 0 Å². The summed E-state index contributed by atoms with van der Waals surface area (Å²) < 4.78 is 17.4. The molecular weight excluding hydrogens is 292 g/mol. The van der Waals surface area contributed by atoms with E-state index in [-0.39, 0.29) is 18.0 Å². The van der Waals surface area contributed by atoms with Gasteiger partial charge in [-0.25, -0.2) is 0 Å². The van der Waals surface area contributed by atoms with Gasteiger partial charge in [0.1, 0.15) is 17.9 Å². The minimum atomic E-state index is -0.239. The van der Waals surface area contributed by atoms with Crippen molar-refractivity contribution in [2.45, 2.75) is 43.7 Å². The summed E-state index contributed by atoms with van der Waals surface area (Å²) in [5.41, 5.74) is 1.29. The molecule has 2 unspecified atom stereocenters. The average molecular weight is 312 g/mol. The Morgan fingerprint density at radius 1 is 1.43 bits per heavy atom.